The SMILES string of the molecule is COc1cc2c(=O)c(-c3ccc(Br)cc3)coc2cc1OS(C)(=O)=O. The van der Waals surface area contributed by atoms with Gasteiger partial charge in [0.2, 0.25) is 5.43 Å². The number of hydrogen-bond donors (Lipinski definition) is 0. The average molecular weight is 425 g/mol. The molecule has 0 saturated heterocycles. The highest BCUT2D eigenvalue weighted by Gasteiger charge is 2.16. The number of hydrogen-bond acceptors (Lipinski definition) is 6. The molecule has 0 bridgehead atoms. The lowest BCUT2D eigenvalue weighted by Gasteiger charge is -2.10. The standard InChI is InChI=1S/C17H13BrO6S/c1-22-15-7-12-14(8-16(15)24-25(2,20)21)23-9-13(17(12)19)10-3-5-11(18)6-4-10/h3-9H,1-2H3. The lowest BCUT2D eigenvalue weighted by Crippen LogP contribution is -2.09. The van der Waals surface area contributed by atoms with Crippen LogP contribution in [0.1, 0.15) is 0 Å². The minimum absolute atomic E-state index is 0.0444. The summed E-state index contributed by atoms with van der Waals surface area (Å²) in [5, 5.41) is 0.262. The van der Waals surface area contributed by atoms with Crippen LogP contribution in [-0.2, 0) is 10.1 Å². The van der Waals surface area contributed by atoms with Crippen molar-refractivity contribution in [3.05, 3.63) is 57.4 Å². The van der Waals surface area contributed by atoms with E-state index in [0.29, 0.717) is 11.1 Å². The van der Waals surface area contributed by atoms with Gasteiger partial charge in [0.05, 0.1) is 24.3 Å². The van der Waals surface area contributed by atoms with Crippen LogP contribution in [0.3, 0.4) is 0 Å². The van der Waals surface area contributed by atoms with Crippen LogP contribution in [0.15, 0.2) is 56.3 Å². The van der Waals surface area contributed by atoms with Crippen LogP contribution < -0.4 is 14.3 Å². The van der Waals surface area contributed by atoms with Crippen molar-refractivity contribution in [1.82, 2.24) is 0 Å². The Morgan fingerprint density at radius 2 is 1.76 bits per heavy atom. The molecule has 0 N–H and O–H groups in total. The number of halogens is 1. The number of ether oxygens (including phenoxy) is 1. The molecule has 0 fully saturated rings. The summed E-state index contributed by atoms with van der Waals surface area (Å²) in [4.78, 5) is 12.8. The molecule has 1 heterocycles. The summed E-state index contributed by atoms with van der Waals surface area (Å²) in [7, 11) is -2.39. The normalized spacial score (nSPS) is 11.5. The lowest BCUT2D eigenvalue weighted by atomic mass is 10.1. The van der Waals surface area contributed by atoms with E-state index in [9.17, 15) is 13.2 Å². The zero-order valence-corrected chi connectivity index (χ0v) is 15.7. The molecule has 0 spiro atoms. The third-order valence-corrected chi connectivity index (χ3v) is 4.47. The van der Waals surface area contributed by atoms with Crippen molar-refractivity contribution >= 4 is 37.0 Å². The fourth-order valence-corrected chi connectivity index (χ4v) is 3.07. The molecule has 0 saturated carbocycles. The third kappa shape index (κ3) is 3.69. The number of methoxy groups -OCH3 is 1. The Hall–Kier alpha value is -2.32. The Labute approximate surface area is 152 Å². The number of fused-ring (bicyclic) bond motifs is 1. The molecule has 2 aromatic carbocycles. The van der Waals surface area contributed by atoms with Crippen LogP contribution in [0.4, 0.5) is 0 Å². The highest BCUT2D eigenvalue weighted by Crippen LogP contribution is 2.33. The maximum absolute atomic E-state index is 12.8. The summed E-state index contributed by atoms with van der Waals surface area (Å²) in [5.74, 6) is 0.0789. The molecular weight excluding hydrogens is 412 g/mol. The first-order chi connectivity index (χ1) is 11.8. The van der Waals surface area contributed by atoms with Gasteiger partial charge in [0.15, 0.2) is 11.5 Å². The first-order valence-corrected chi connectivity index (χ1v) is 9.68. The Bertz CT molecular complexity index is 1100. The Morgan fingerprint density at radius 1 is 1.08 bits per heavy atom. The summed E-state index contributed by atoms with van der Waals surface area (Å²) >= 11 is 3.35. The number of rotatable bonds is 4. The van der Waals surface area contributed by atoms with Gasteiger partial charge >= 0.3 is 10.1 Å². The second kappa shape index (κ2) is 6.53. The molecular formula is C17H13BrO6S. The molecule has 0 aliphatic heterocycles. The summed E-state index contributed by atoms with van der Waals surface area (Å²) in [6.45, 7) is 0. The Morgan fingerprint density at radius 3 is 2.36 bits per heavy atom. The molecule has 6 nitrogen and oxygen atoms in total. The fourth-order valence-electron chi connectivity index (χ4n) is 2.35. The van der Waals surface area contributed by atoms with Crippen molar-refractivity contribution in [1.29, 1.82) is 0 Å². The highest BCUT2D eigenvalue weighted by molar-refractivity contribution is 9.10. The highest BCUT2D eigenvalue weighted by atomic mass is 79.9. The predicted octanol–water partition coefficient (Wildman–Crippen LogP) is 3.57. The van der Waals surface area contributed by atoms with Crippen molar-refractivity contribution in [2.75, 3.05) is 13.4 Å². The molecule has 0 atom stereocenters. The molecule has 3 aromatic rings. The minimum atomic E-state index is -3.75. The van der Waals surface area contributed by atoms with Gasteiger partial charge < -0.3 is 13.3 Å². The first kappa shape index (κ1) is 17.5. The summed E-state index contributed by atoms with van der Waals surface area (Å²) in [6, 6.07) is 9.96. The van der Waals surface area contributed by atoms with Gasteiger partial charge in [0.25, 0.3) is 0 Å². The molecule has 0 aliphatic carbocycles. The van der Waals surface area contributed by atoms with E-state index in [1.165, 1.54) is 25.5 Å². The molecule has 0 unspecified atom stereocenters. The first-order valence-electron chi connectivity index (χ1n) is 7.07. The zero-order chi connectivity index (χ0) is 18.2. The molecule has 1 aromatic heterocycles. The van der Waals surface area contributed by atoms with Gasteiger partial charge in [-0.05, 0) is 23.8 Å². The topological polar surface area (TPSA) is 82.8 Å². The molecule has 8 heteroatoms. The van der Waals surface area contributed by atoms with Crippen molar-refractivity contribution in [3.8, 4) is 22.6 Å². The molecule has 25 heavy (non-hydrogen) atoms. The molecule has 0 amide bonds. The van der Waals surface area contributed by atoms with Gasteiger partial charge in [-0.1, -0.05) is 28.1 Å². The second-order valence-electron chi connectivity index (χ2n) is 5.27. The third-order valence-electron chi connectivity index (χ3n) is 3.46. The predicted molar refractivity (Wildman–Crippen MR) is 97.6 cm³/mol. The van der Waals surface area contributed by atoms with Gasteiger partial charge in [0.1, 0.15) is 11.8 Å². The summed E-state index contributed by atoms with van der Waals surface area (Å²) in [5.41, 5.74) is 1.03. The van der Waals surface area contributed by atoms with Crippen molar-refractivity contribution in [2.24, 2.45) is 0 Å². The molecule has 130 valence electrons. The van der Waals surface area contributed by atoms with Crippen molar-refractivity contribution < 1.29 is 21.8 Å². The van der Waals surface area contributed by atoms with E-state index in [4.69, 9.17) is 13.3 Å². The zero-order valence-electron chi connectivity index (χ0n) is 13.3. The number of benzene rings is 2. The van der Waals surface area contributed by atoms with Gasteiger partial charge in [-0.2, -0.15) is 8.42 Å². The van der Waals surface area contributed by atoms with E-state index in [1.54, 1.807) is 12.1 Å². The van der Waals surface area contributed by atoms with Crippen LogP contribution in [0.5, 0.6) is 11.5 Å². The molecule has 0 aliphatic rings. The van der Waals surface area contributed by atoms with Gasteiger partial charge in [-0.3, -0.25) is 4.79 Å². The maximum atomic E-state index is 12.8. The summed E-state index contributed by atoms with van der Waals surface area (Å²) < 4.78 is 39.2. The Balaban J connectivity index is 2.21. The lowest BCUT2D eigenvalue weighted by molar-refractivity contribution is 0.391. The van der Waals surface area contributed by atoms with E-state index < -0.39 is 10.1 Å². The minimum Gasteiger partial charge on any atom is -0.493 e. The van der Waals surface area contributed by atoms with Crippen LogP contribution in [0.25, 0.3) is 22.1 Å². The monoisotopic (exact) mass is 424 g/mol. The van der Waals surface area contributed by atoms with E-state index in [2.05, 4.69) is 15.9 Å². The fraction of sp³-hybridized carbons (Fsp3) is 0.118. The van der Waals surface area contributed by atoms with Crippen molar-refractivity contribution in [2.45, 2.75) is 0 Å². The van der Waals surface area contributed by atoms with Crippen LogP contribution in [0.2, 0.25) is 0 Å². The summed E-state index contributed by atoms with van der Waals surface area (Å²) in [6.07, 6.45) is 2.26. The van der Waals surface area contributed by atoms with E-state index in [1.807, 2.05) is 12.1 Å². The van der Waals surface area contributed by atoms with E-state index in [-0.39, 0.29) is 27.9 Å². The van der Waals surface area contributed by atoms with Crippen LogP contribution >= 0.6 is 15.9 Å². The van der Waals surface area contributed by atoms with Gasteiger partial charge in [0, 0.05) is 10.5 Å². The maximum Gasteiger partial charge on any atom is 0.306 e. The Kier molecular flexibility index (Phi) is 4.57. The quantitative estimate of drug-likeness (QED) is 0.595. The average Bonchev–Trinajstić information content (AvgIpc) is 2.54. The van der Waals surface area contributed by atoms with E-state index >= 15 is 0 Å². The van der Waals surface area contributed by atoms with Crippen molar-refractivity contribution in [3.63, 3.8) is 0 Å². The molecule has 3 rings (SSSR count). The van der Waals surface area contributed by atoms with Gasteiger partial charge in [-0.25, -0.2) is 0 Å². The molecule has 0 radical (unpaired) electrons. The smallest absolute Gasteiger partial charge is 0.306 e. The second-order valence-corrected chi connectivity index (χ2v) is 7.76. The van der Waals surface area contributed by atoms with Crippen LogP contribution in [0, 0.1) is 0 Å². The largest absolute Gasteiger partial charge is 0.493 e. The van der Waals surface area contributed by atoms with E-state index in [0.717, 1.165) is 10.7 Å². The van der Waals surface area contributed by atoms with Gasteiger partial charge in [-0.15, -0.1) is 0 Å². The van der Waals surface area contributed by atoms with Crippen LogP contribution in [-0.4, -0.2) is 21.8 Å².